The van der Waals surface area contributed by atoms with Gasteiger partial charge in [-0.2, -0.15) is 0 Å². The van der Waals surface area contributed by atoms with E-state index in [-0.39, 0.29) is 0 Å². The van der Waals surface area contributed by atoms with Crippen LogP contribution in [0.1, 0.15) is 43.2 Å². The zero-order chi connectivity index (χ0) is 10.1. The molecule has 2 rings (SSSR count). The zero-order valence-electron chi connectivity index (χ0n) is 8.96. The molecule has 1 aromatic rings. The van der Waals surface area contributed by atoms with Crippen molar-refractivity contribution in [1.29, 1.82) is 0 Å². The summed E-state index contributed by atoms with van der Waals surface area (Å²) in [6.07, 6.45) is 5.78. The molecule has 1 aliphatic rings. The summed E-state index contributed by atoms with van der Waals surface area (Å²) in [6, 6.07) is 2.20. The second-order valence-corrected chi connectivity index (χ2v) is 4.50. The first-order valence-electron chi connectivity index (χ1n) is 5.40. The zero-order valence-corrected chi connectivity index (χ0v) is 8.96. The molecule has 2 heteroatoms. The van der Waals surface area contributed by atoms with E-state index in [4.69, 9.17) is 5.73 Å². The van der Waals surface area contributed by atoms with Gasteiger partial charge in [-0.1, -0.05) is 25.8 Å². The lowest BCUT2D eigenvalue weighted by Crippen LogP contribution is -2.07. The van der Waals surface area contributed by atoms with Crippen molar-refractivity contribution in [2.24, 2.45) is 5.92 Å². The lowest BCUT2D eigenvalue weighted by atomic mass is 9.90. The minimum atomic E-state index is 0.641. The first-order chi connectivity index (χ1) is 6.68. The summed E-state index contributed by atoms with van der Waals surface area (Å²) in [6.45, 7) is 4.40. The predicted octanol–water partition coefficient (Wildman–Crippen LogP) is 2.88. The highest BCUT2D eigenvalue weighted by atomic mass is 14.8. The molecule has 14 heavy (non-hydrogen) atoms. The van der Waals surface area contributed by atoms with E-state index in [9.17, 15) is 0 Å². The Bertz CT molecular complexity index is 333. The van der Waals surface area contributed by atoms with Crippen molar-refractivity contribution < 1.29 is 0 Å². The van der Waals surface area contributed by atoms with E-state index < -0.39 is 0 Å². The molecule has 2 N–H and O–H groups in total. The molecule has 1 fully saturated rings. The third kappa shape index (κ3) is 1.61. The largest absolute Gasteiger partial charge is 0.383 e. The van der Waals surface area contributed by atoms with Gasteiger partial charge in [0.25, 0.3) is 0 Å². The molecule has 0 radical (unpaired) electrons. The van der Waals surface area contributed by atoms with Crippen molar-refractivity contribution in [2.75, 3.05) is 5.73 Å². The third-order valence-electron chi connectivity index (χ3n) is 3.35. The van der Waals surface area contributed by atoms with Gasteiger partial charge in [-0.25, -0.2) is 4.98 Å². The number of hydrogen-bond acceptors (Lipinski definition) is 2. The molecule has 76 valence electrons. The second kappa shape index (κ2) is 3.60. The Balaban J connectivity index is 2.34. The van der Waals surface area contributed by atoms with Crippen molar-refractivity contribution >= 4 is 5.82 Å². The number of nitrogens with zero attached hydrogens (tertiary/aromatic N) is 1. The predicted molar refractivity (Wildman–Crippen MR) is 59.1 cm³/mol. The summed E-state index contributed by atoms with van der Waals surface area (Å²) in [5.41, 5.74) is 8.41. The fourth-order valence-corrected chi connectivity index (χ4v) is 2.51. The van der Waals surface area contributed by atoms with Gasteiger partial charge in [-0.05, 0) is 36.3 Å². The van der Waals surface area contributed by atoms with Crippen molar-refractivity contribution in [3.05, 3.63) is 23.4 Å². The fourth-order valence-electron chi connectivity index (χ4n) is 2.51. The Hall–Kier alpha value is -1.05. The molecule has 1 saturated carbocycles. The molecule has 0 aromatic carbocycles. The van der Waals surface area contributed by atoms with Crippen molar-refractivity contribution in [3.8, 4) is 0 Å². The average molecular weight is 190 g/mol. The lowest BCUT2D eigenvalue weighted by Gasteiger charge is -2.17. The summed E-state index contributed by atoms with van der Waals surface area (Å²) in [7, 11) is 0. The van der Waals surface area contributed by atoms with Crippen LogP contribution in [0.25, 0.3) is 0 Å². The summed E-state index contributed by atoms with van der Waals surface area (Å²) in [5.74, 6) is 2.14. The van der Waals surface area contributed by atoms with E-state index >= 15 is 0 Å². The highest BCUT2D eigenvalue weighted by Gasteiger charge is 2.26. The molecule has 1 heterocycles. The number of pyridine rings is 1. The maximum atomic E-state index is 5.92. The van der Waals surface area contributed by atoms with Gasteiger partial charge >= 0.3 is 0 Å². The van der Waals surface area contributed by atoms with E-state index in [1.165, 1.54) is 30.4 Å². The normalized spacial score (nSPS) is 26.7. The van der Waals surface area contributed by atoms with E-state index in [1.54, 1.807) is 0 Å². The molecule has 2 atom stereocenters. The Morgan fingerprint density at radius 2 is 2.21 bits per heavy atom. The van der Waals surface area contributed by atoms with Crippen LogP contribution in [0.5, 0.6) is 0 Å². The number of anilines is 1. The summed E-state index contributed by atoms with van der Waals surface area (Å²) in [5, 5.41) is 0. The van der Waals surface area contributed by atoms with Crippen molar-refractivity contribution in [1.82, 2.24) is 4.98 Å². The highest BCUT2D eigenvalue weighted by molar-refractivity contribution is 5.43. The van der Waals surface area contributed by atoms with Crippen LogP contribution in [0.15, 0.2) is 12.3 Å². The topological polar surface area (TPSA) is 38.9 Å². The quantitative estimate of drug-likeness (QED) is 0.739. The first kappa shape index (κ1) is 9.50. The van der Waals surface area contributed by atoms with Gasteiger partial charge in [0.05, 0.1) is 0 Å². The molecule has 0 aliphatic heterocycles. The Labute approximate surface area is 85.5 Å². The van der Waals surface area contributed by atoms with E-state index in [1.807, 2.05) is 6.20 Å². The van der Waals surface area contributed by atoms with Crippen LogP contribution in [-0.2, 0) is 0 Å². The van der Waals surface area contributed by atoms with Crippen molar-refractivity contribution in [3.63, 3.8) is 0 Å². The van der Waals surface area contributed by atoms with Gasteiger partial charge in [0.15, 0.2) is 0 Å². The molecular formula is C12H18N2. The standard InChI is InChI=1S/C12H18N2/c1-8-6-11(12(13)14-7-8)10-5-3-4-9(10)2/h6-7,9-10H,3-5H2,1-2H3,(H2,13,14). The molecule has 0 amide bonds. The summed E-state index contributed by atoms with van der Waals surface area (Å²) < 4.78 is 0. The second-order valence-electron chi connectivity index (χ2n) is 4.50. The summed E-state index contributed by atoms with van der Waals surface area (Å²) in [4.78, 5) is 4.24. The smallest absolute Gasteiger partial charge is 0.126 e. The van der Waals surface area contributed by atoms with Gasteiger partial charge in [0.1, 0.15) is 5.82 Å². The Morgan fingerprint density at radius 1 is 1.43 bits per heavy atom. The number of hydrogen-bond donors (Lipinski definition) is 1. The lowest BCUT2D eigenvalue weighted by molar-refractivity contribution is 0.533. The van der Waals surface area contributed by atoms with Crippen LogP contribution >= 0.6 is 0 Å². The maximum Gasteiger partial charge on any atom is 0.126 e. The fraction of sp³-hybridized carbons (Fsp3) is 0.583. The SMILES string of the molecule is Cc1cnc(N)c(C2CCCC2C)c1. The molecule has 0 saturated heterocycles. The average Bonchev–Trinajstić information content (AvgIpc) is 2.56. The molecule has 1 aromatic heterocycles. The first-order valence-corrected chi connectivity index (χ1v) is 5.40. The van der Waals surface area contributed by atoms with E-state index in [2.05, 4.69) is 24.9 Å². The molecule has 0 spiro atoms. The van der Waals surface area contributed by atoms with E-state index in [0.717, 1.165) is 11.7 Å². The van der Waals surface area contributed by atoms with Crippen LogP contribution in [0.2, 0.25) is 0 Å². The number of aryl methyl sites for hydroxylation is 1. The van der Waals surface area contributed by atoms with E-state index in [0.29, 0.717) is 5.92 Å². The minimum Gasteiger partial charge on any atom is -0.383 e. The molecular weight excluding hydrogens is 172 g/mol. The van der Waals surface area contributed by atoms with Gasteiger partial charge < -0.3 is 5.73 Å². The minimum absolute atomic E-state index is 0.641. The van der Waals surface area contributed by atoms with Gasteiger partial charge in [0.2, 0.25) is 0 Å². The van der Waals surface area contributed by atoms with Crippen LogP contribution in [-0.4, -0.2) is 4.98 Å². The third-order valence-corrected chi connectivity index (χ3v) is 3.35. The number of rotatable bonds is 1. The van der Waals surface area contributed by atoms with Gasteiger partial charge in [0, 0.05) is 6.20 Å². The monoisotopic (exact) mass is 190 g/mol. The molecule has 1 aliphatic carbocycles. The number of aromatic nitrogens is 1. The van der Waals surface area contributed by atoms with Crippen LogP contribution < -0.4 is 5.73 Å². The molecule has 2 nitrogen and oxygen atoms in total. The Morgan fingerprint density at radius 3 is 2.86 bits per heavy atom. The van der Waals surface area contributed by atoms with Crippen LogP contribution in [0.4, 0.5) is 5.82 Å². The molecule has 0 bridgehead atoms. The summed E-state index contributed by atoms with van der Waals surface area (Å²) >= 11 is 0. The van der Waals surface area contributed by atoms with Crippen molar-refractivity contribution in [2.45, 2.75) is 39.0 Å². The highest BCUT2D eigenvalue weighted by Crippen LogP contribution is 2.40. The molecule has 2 unspecified atom stereocenters. The Kier molecular flexibility index (Phi) is 2.44. The number of nitrogens with two attached hydrogens (primary N) is 1. The number of nitrogen functional groups attached to an aromatic ring is 1. The van der Waals surface area contributed by atoms with Gasteiger partial charge in [-0.3, -0.25) is 0 Å². The van der Waals surface area contributed by atoms with Gasteiger partial charge in [-0.15, -0.1) is 0 Å². The van der Waals surface area contributed by atoms with Crippen LogP contribution in [0.3, 0.4) is 0 Å². The maximum absolute atomic E-state index is 5.92. The van der Waals surface area contributed by atoms with Crippen LogP contribution in [0, 0.1) is 12.8 Å².